The minimum Gasteiger partial charge on any atom is -0.370 e. The lowest BCUT2D eigenvalue weighted by Gasteiger charge is -2.06. The van der Waals surface area contributed by atoms with Crippen molar-refractivity contribution in [2.24, 2.45) is 5.73 Å². The van der Waals surface area contributed by atoms with Gasteiger partial charge in [-0.1, -0.05) is 6.92 Å². The molecule has 1 aliphatic rings. The first-order valence-electron chi connectivity index (χ1n) is 5.43. The smallest absolute Gasteiger partial charge is 0.215 e. The van der Waals surface area contributed by atoms with Crippen molar-refractivity contribution in [3.05, 3.63) is 11.3 Å². The van der Waals surface area contributed by atoms with E-state index in [2.05, 4.69) is 17.3 Å². The zero-order chi connectivity index (χ0) is 10.8. The van der Waals surface area contributed by atoms with Gasteiger partial charge in [0.15, 0.2) is 0 Å². The molecule has 0 unspecified atom stereocenters. The molecule has 0 saturated heterocycles. The lowest BCUT2D eigenvalue weighted by atomic mass is 10.1. The predicted molar refractivity (Wildman–Crippen MR) is 60.3 cm³/mol. The molecular weight excluding hydrogens is 190 g/mol. The van der Waals surface area contributed by atoms with Crippen molar-refractivity contribution in [1.82, 2.24) is 9.78 Å². The second-order valence-corrected chi connectivity index (χ2v) is 3.81. The van der Waals surface area contributed by atoms with E-state index in [-0.39, 0.29) is 5.96 Å². The highest BCUT2D eigenvalue weighted by Gasteiger charge is 2.19. The number of nitrogens with zero attached hydrogens (tertiary/aromatic N) is 2. The molecule has 82 valence electrons. The van der Waals surface area contributed by atoms with Gasteiger partial charge in [0.05, 0.1) is 5.69 Å². The summed E-state index contributed by atoms with van der Waals surface area (Å²) in [4.78, 5) is 0. The summed E-state index contributed by atoms with van der Waals surface area (Å²) < 4.78 is 1.51. The molecule has 0 atom stereocenters. The van der Waals surface area contributed by atoms with Crippen LogP contribution in [0.2, 0.25) is 0 Å². The van der Waals surface area contributed by atoms with Crippen LogP contribution in [0.25, 0.3) is 0 Å². The van der Waals surface area contributed by atoms with Crippen LogP contribution in [0, 0.1) is 5.41 Å². The molecule has 1 aliphatic heterocycles. The number of aromatic nitrogens is 2. The molecule has 2 rings (SSSR count). The van der Waals surface area contributed by atoms with Gasteiger partial charge >= 0.3 is 0 Å². The summed E-state index contributed by atoms with van der Waals surface area (Å²) in [5.41, 5.74) is 7.81. The number of nitrogens with one attached hydrogen (secondary N) is 2. The Labute approximate surface area is 89.2 Å². The van der Waals surface area contributed by atoms with Gasteiger partial charge in [0, 0.05) is 12.1 Å². The van der Waals surface area contributed by atoms with Crippen LogP contribution in [0.4, 0.5) is 5.82 Å². The Balaban J connectivity index is 2.49. The van der Waals surface area contributed by atoms with E-state index >= 15 is 0 Å². The number of anilines is 1. The topological polar surface area (TPSA) is 79.7 Å². The van der Waals surface area contributed by atoms with E-state index in [1.807, 2.05) is 0 Å². The fourth-order valence-electron chi connectivity index (χ4n) is 2.03. The van der Waals surface area contributed by atoms with Crippen LogP contribution in [0.1, 0.15) is 31.0 Å². The van der Waals surface area contributed by atoms with E-state index in [4.69, 9.17) is 11.1 Å². The summed E-state index contributed by atoms with van der Waals surface area (Å²) in [6.07, 6.45) is 4.27. The van der Waals surface area contributed by atoms with Crippen molar-refractivity contribution in [2.75, 3.05) is 11.9 Å². The molecule has 4 N–H and O–H groups in total. The highest BCUT2D eigenvalue weighted by Crippen LogP contribution is 2.24. The zero-order valence-corrected chi connectivity index (χ0v) is 9.01. The number of hydrogen-bond donors (Lipinski definition) is 3. The average Bonchev–Trinajstić information content (AvgIpc) is 2.41. The molecule has 0 saturated carbocycles. The molecular formula is C10H17N5. The minimum absolute atomic E-state index is 0.0136. The maximum atomic E-state index is 7.47. The van der Waals surface area contributed by atoms with Gasteiger partial charge in [0.2, 0.25) is 5.96 Å². The lowest BCUT2D eigenvalue weighted by molar-refractivity contribution is 0.768. The van der Waals surface area contributed by atoms with Gasteiger partial charge in [-0.3, -0.25) is 5.41 Å². The quantitative estimate of drug-likeness (QED) is 0.473. The third kappa shape index (κ3) is 1.69. The summed E-state index contributed by atoms with van der Waals surface area (Å²) in [7, 11) is 0. The third-order valence-corrected chi connectivity index (χ3v) is 2.78. The average molecular weight is 207 g/mol. The van der Waals surface area contributed by atoms with E-state index in [0.29, 0.717) is 0 Å². The largest absolute Gasteiger partial charge is 0.370 e. The minimum atomic E-state index is -0.0136. The first-order chi connectivity index (χ1) is 7.24. The van der Waals surface area contributed by atoms with Crippen molar-refractivity contribution in [3.8, 4) is 0 Å². The molecule has 0 bridgehead atoms. The molecule has 0 radical (unpaired) electrons. The first-order valence-corrected chi connectivity index (χ1v) is 5.43. The van der Waals surface area contributed by atoms with Crippen LogP contribution in [-0.2, 0) is 12.8 Å². The molecule has 0 aliphatic carbocycles. The Hall–Kier alpha value is -1.52. The monoisotopic (exact) mass is 207 g/mol. The highest BCUT2D eigenvalue weighted by atomic mass is 15.4. The van der Waals surface area contributed by atoms with E-state index in [1.165, 1.54) is 16.7 Å². The molecule has 0 spiro atoms. The Bertz CT molecular complexity index is 379. The number of rotatable bonds is 1. The van der Waals surface area contributed by atoms with Gasteiger partial charge < -0.3 is 11.1 Å². The Kier molecular flexibility index (Phi) is 2.62. The second-order valence-electron chi connectivity index (χ2n) is 3.81. The van der Waals surface area contributed by atoms with Crippen molar-refractivity contribution in [3.63, 3.8) is 0 Å². The molecule has 5 nitrogen and oxygen atoms in total. The van der Waals surface area contributed by atoms with Crippen LogP contribution in [0.15, 0.2) is 0 Å². The van der Waals surface area contributed by atoms with Crippen LogP contribution < -0.4 is 11.1 Å². The van der Waals surface area contributed by atoms with Crippen molar-refractivity contribution < 1.29 is 0 Å². The van der Waals surface area contributed by atoms with E-state index in [0.717, 1.165) is 37.3 Å². The summed E-state index contributed by atoms with van der Waals surface area (Å²) in [6.45, 7) is 3.02. The predicted octanol–water partition coefficient (Wildman–Crippen LogP) is 0.935. The van der Waals surface area contributed by atoms with Crippen molar-refractivity contribution in [1.29, 1.82) is 5.41 Å². The van der Waals surface area contributed by atoms with Gasteiger partial charge in [-0.05, 0) is 25.7 Å². The summed E-state index contributed by atoms with van der Waals surface area (Å²) in [5.74, 6) is 0.914. The Morgan fingerprint density at radius 2 is 2.40 bits per heavy atom. The normalized spacial score (nSPS) is 15.3. The summed E-state index contributed by atoms with van der Waals surface area (Å²) in [5, 5.41) is 15.1. The van der Waals surface area contributed by atoms with Gasteiger partial charge in [-0.2, -0.15) is 9.78 Å². The zero-order valence-electron chi connectivity index (χ0n) is 9.01. The molecule has 15 heavy (non-hydrogen) atoms. The molecule has 5 heteroatoms. The van der Waals surface area contributed by atoms with Gasteiger partial charge in [0.1, 0.15) is 5.82 Å². The number of aryl methyl sites for hydroxylation is 1. The third-order valence-electron chi connectivity index (χ3n) is 2.78. The molecule has 0 aromatic carbocycles. The SMILES string of the molecule is CCc1nn(C(=N)N)c2c1CCCCN2. The molecule has 1 aromatic heterocycles. The van der Waals surface area contributed by atoms with E-state index in [1.54, 1.807) is 0 Å². The van der Waals surface area contributed by atoms with Crippen molar-refractivity contribution in [2.45, 2.75) is 32.6 Å². The van der Waals surface area contributed by atoms with E-state index in [9.17, 15) is 0 Å². The molecule has 2 heterocycles. The van der Waals surface area contributed by atoms with Crippen LogP contribution in [0.3, 0.4) is 0 Å². The standard InChI is InChI=1S/C10H17N5/c1-2-8-7-5-3-4-6-13-9(7)15(14-8)10(11)12/h13H,2-6H2,1H3,(H3,11,12). The molecule has 1 aromatic rings. The summed E-state index contributed by atoms with van der Waals surface area (Å²) in [6, 6.07) is 0. The Morgan fingerprint density at radius 3 is 3.07 bits per heavy atom. The number of hydrogen-bond acceptors (Lipinski definition) is 3. The van der Waals surface area contributed by atoms with Crippen LogP contribution in [0.5, 0.6) is 0 Å². The fraction of sp³-hybridized carbons (Fsp3) is 0.600. The maximum absolute atomic E-state index is 7.47. The van der Waals surface area contributed by atoms with Crippen LogP contribution in [-0.4, -0.2) is 22.3 Å². The highest BCUT2D eigenvalue weighted by molar-refractivity contribution is 5.81. The fourth-order valence-corrected chi connectivity index (χ4v) is 2.03. The summed E-state index contributed by atoms with van der Waals surface area (Å²) >= 11 is 0. The van der Waals surface area contributed by atoms with Crippen LogP contribution >= 0.6 is 0 Å². The maximum Gasteiger partial charge on any atom is 0.215 e. The van der Waals surface area contributed by atoms with E-state index < -0.39 is 0 Å². The lowest BCUT2D eigenvalue weighted by Crippen LogP contribution is -2.24. The van der Waals surface area contributed by atoms with Gasteiger partial charge in [-0.15, -0.1) is 0 Å². The number of nitrogens with two attached hydrogens (primary N) is 1. The van der Waals surface area contributed by atoms with Gasteiger partial charge in [-0.25, -0.2) is 0 Å². The Morgan fingerprint density at radius 1 is 1.60 bits per heavy atom. The second kappa shape index (κ2) is 3.92. The van der Waals surface area contributed by atoms with Gasteiger partial charge in [0.25, 0.3) is 0 Å². The number of fused-ring (bicyclic) bond motifs is 1. The van der Waals surface area contributed by atoms with Crippen molar-refractivity contribution >= 4 is 11.8 Å². The molecule has 0 fully saturated rings. The molecule has 0 amide bonds. The number of nitrogen functional groups attached to an aromatic ring is 1. The first kappa shape index (κ1) is 10.0.